The molecule has 0 unspecified atom stereocenters. The Bertz CT molecular complexity index is 141. The molecule has 0 aromatic heterocycles. The van der Waals surface area contributed by atoms with Gasteiger partial charge in [0.05, 0.1) is 0 Å². The Morgan fingerprint density at radius 1 is 0.800 bits per heavy atom. The van der Waals surface area contributed by atoms with Crippen molar-refractivity contribution in [3.8, 4) is 0 Å². The fraction of sp³-hybridized carbons (Fsp3) is 0.941. The number of carbonyl (C=O) groups is 1. The fourth-order valence-corrected chi connectivity index (χ4v) is 1.43. The maximum Gasteiger partial charge on any atom is 0.219 e. The third-order valence-corrected chi connectivity index (χ3v) is 2.42. The van der Waals surface area contributed by atoms with Crippen LogP contribution in [0.1, 0.15) is 92.9 Å². The Morgan fingerprint density at radius 3 is 1.60 bits per heavy atom. The summed E-state index contributed by atoms with van der Waals surface area (Å²) in [4.78, 5) is 10.9. The molecular formula is C17H41NOS. The van der Waals surface area contributed by atoms with E-state index in [0.29, 0.717) is 6.42 Å². The van der Waals surface area contributed by atoms with E-state index in [4.69, 9.17) is 0 Å². The molecule has 0 heterocycles. The van der Waals surface area contributed by atoms with Gasteiger partial charge in [0.1, 0.15) is 0 Å². The van der Waals surface area contributed by atoms with Gasteiger partial charge in [-0.25, -0.2) is 0 Å². The van der Waals surface area contributed by atoms with E-state index in [2.05, 4.69) is 24.9 Å². The molecule has 1 N–H and O–H groups in total. The van der Waals surface area contributed by atoms with Crippen LogP contribution in [0.5, 0.6) is 0 Å². The molecule has 0 saturated heterocycles. The molecule has 0 aromatic carbocycles. The predicted molar refractivity (Wildman–Crippen MR) is 98.9 cm³/mol. The lowest BCUT2D eigenvalue weighted by Gasteiger charge is -2.03. The maximum atomic E-state index is 10.9. The lowest BCUT2D eigenvalue weighted by atomic mass is 10.1. The third-order valence-electron chi connectivity index (χ3n) is 2.42. The number of carbonyl (C=O) groups excluding carboxylic acids is 1. The van der Waals surface area contributed by atoms with Crippen molar-refractivity contribution in [1.29, 1.82) is 0 Å². The minimum atomic E-state index is 0.177. The van der Waals surface area contributed by atoms with E-state index < -0.39 is 0 Å². The summed E-state index contributed by atoms with van der Waals surface area (Å²) in [5, 5.41) is 2.90. The van der Waals surface area contributed by atoms with Crippen molar-refractivity contribution in [3.63, 3.8) is 0 Å². The molecule has 0 radical (unpaired) electrons. The molecule has 0 saturated carbocycles. The van der Waals surface area contributed by atoms with Gasteiger partial charge < -0.3 is 5.32 Å². The number of hydrogen-bond donors (Lipinski definition) is 2. The van der Waals surface area contributed by atoms with Gasteiger partial charge in [-0.3, -0.25) is 4.79 Å². The minimum Gasteiger partial charge on any atom is -0.356 e. The predicted octanol–water partition coefficient (Wildman–Crippen LogP) is 5.86. The number of hydrogen-bond acceptors (Lipinski definition) is 2. The number of amides is 1. The van der Waals surface area contributed by atoms with Gasteiger partial charge >= 0.3 is 0 Å². The van der Waals surface area contributed by atoms with Crippen LogP contribution >= 0.6 is 12.6 Å². The first-order chi connectivity index (χ1) is 9.81. The van der Waals surface area contributed by atoms with Crippen LogP contribution < -0.4 is 5.32 Å². The second-order valence-corrected chi connectivity index (χ2v) is 3.82. The molecule has 1 amide bonds. The Kier molecular flexibility index (Phi) is 51.0. The highest BCUT2D eigenvalue weighted by Gasteiger charge is 1.94. The molecule has 0 rings (SSSR count). The van der Waals surface area contributed by atoms with Crippen LogP contribution in [0.15, 0.2) is 0 Å². The van der Waals surface area contributed by atoms with E-state index in [1.54, 1.807) is 6.26 Å². The minimum absolute atomic E-state index is 0.177. The Hall–Kier alpha value is -0.180. The van der Waals surface area contributed by atoms with Crippen molar-refractivity contribution in [2.45, 2.75) is 92.9 Å². The van der Waals surface area contributed by atoms with Crippen LogP contribution in [0.2, 0.25) is 0 Å². The summed E-state index contributed by atoms with van der Waals surface area (Å²) < 4.78 is 0. The van der Waals surface area contributed by atoms with E-state index in [-0.39, 0.29) is 5.91 Å². The smallest absolute Gasteiger partial charge is 0.219 e. The first-order valence-electron chi connectivity index (χ1n) is 8.52. The van der Waals surface area contributed by atoms with Crippen molar-refractivity contribution >= 4 is 18.5 Å². The zero-order chi connectivity index (χ0) is 16.6. The average molecular weight is 308 g/mol. The van der Waals surface area contributed by atoms with Crippen molar-refractivity contribution in [3.05, 3.63) is 0 Å². The third kappa shape index (κ3) is 36.1. The molecule has 0 aliphatic rings. The zero-order valence-corrected chi connectivity index (χ0v) is 16.1. The lowest BCUT2D eigenvalue weighted by Crippen LogP contribution is -2.23. The second kappa shape index (κ2) is 36.4. The summed E-state index contributed by atoms with van der Waals surface area (Å²) in [6.45, 7) is 13.0. The van der Waals surface area contributed by atoms with Crippen LogP contribution in [0.4, 0.5) is 0 Å². The van der Waals surface area contributed by atoms with E-state index >= 15 is 0 Å². The van der Waals surface area contributed by atoms with E-state index in [0.717, 1.165) is 13.0 Å². The van der Waals surface area contributed by atoms with Gasteiger partial charge in [0, 0.05) is 13.0 Å². The van der Waals surface area contributed by atoms with E-state index in [1.807, 2.05) is 34.6 Å². The molecule has 0 aromatic rings. The number of thiol groups is 1. The van der Waals surface area contributed by atoms with Gasteiger partial charge in [-0.15, -0.1) is 0 Å². The molecule has 3 heteroatoms. The van der Waals surface area contributed by atoms with Crippen LogP contribution in [0.25, 0.3) is 0 Å². The Morgan fingerprint density at radius 2 is 1.20 bits per heavy atom. The standard InChI is InChI=1S/C12H25NO.2C2H6.CH4S/c1-3-5-6-7-8-9-10-11-13-12(14)4-2;3*1-2/h3-11H2,1-2H3,(H,13,14);2*1-2H3;2H,1H3. The summed E-state index contributed by atoms with van der Waals surface area (Å²) in [6, 6.07) is 0. The highest BCUT2D eigenvalue weighted by Crippen LogP contribution is 2.06. The van der Waals surface area contributed by atoms with Crippen molar-refractivity contribution in [2.75, 3.05) is 12.8 Å². The van der Waals surface area contributed by atoms with E-state index in [1.165, 1.54) is 38.5 Å². The summed E-state index contributed by atoms with van der Waals surface area (Å²) in [5.41, 5.74) is 0. The quantitative estimate of drug-likeness (QED) is 0.405. The molecule has 0 spiro atoms. The van der Waals surface area contributed by atoms with Crippen LogP contribution in [-0.4, -0.2) is 18.7 Å². The van der Waals surface area contributed by atoms with Gasteiger partial charge in [-0.2, -0.15) is 12.6 Å². The largest absolute Gasteiger partial charge is 0.356 e. The molecule has 0 fully saturated rings. The highest BCUT2D eigenvalue weighted by molar-refractivity contribution is 7.79. The van der Waals surface area contributed by atoms with Gasteiger partial charge in [0.25, 0.3) is 0 Å². The van der Waals surface area contributed by atoms with Crippen molar-refractivity contribution < 1.29 is 4.79 Å². The van der Waals surface area contributed by atoms with Crippen molar-refractivity contribution in [2.24, 2.45) is 0 Å². The van der Waals surface area contributed by atoms with Gasteiger partial charge in [-0.1, -0.05) is 80.1 Å². The summed E-state index contributed by atoms with van der Waals surface area (Å²) in [6.07, 6.45) is 11.4. The average Bonchev–Trinajstić information content (AvgIpc) is 2.55. The molecule has 0 bridgehead atoms. The summed E-state index contributed by atoms with van der Waals surface area (Å²) in [5.74, 6) is 0.177. The Balaban J connectivity index is -0.000000187. The number of unbranched alkanes of at least 4 members (excludes halogenated alkanes) is 6. The Labute approximate surface area is 134 Å². The lowest BCUT2D eigenvalue weighted by molar-refractivity contribution is -0.120. The zero-order valence-electron chi connectivity index (χ0n) is 15.2. The first kappa shape index (κ1) is 28.0. The van der Waals surface area contributed by atoms with Gasteiger partial charge in [0.15, 0.2) is 0 Å². The molecule has 0 atom stereocenters. The first-order valence-corrected chi connectivity index (χ1v) is 9.42. The molecule has 0 aliphatic carbocycles. The topological polar surface area (TPSA) is 29.1 Å². The molecule has 0 aliphatic heterocycles. The van der Waals surface area contributed by atoms with Crippen LogP contribution in [0.3, 0.4) is 0 Å². The number of nitrogens with one attached hydrogen (secondary N) is 1. The molecular weight excluding hydrogens is 266 g/mol. The van der Waals surface area contributed by atoms with Crippen LogP contribution in [0, 0.1) is 0 Å². The maximum absolute atomic E-state index is 10.9. The van der Waals surface area contributed by atoms with E-state index in [9.17, 15) is 4.79 Å². The highest BCUT2D eigenvalue weighted by atomic mass is 32.1. The summed E-state index contributed by atoms with van der Waals surface area (Å²) >= 11 is 3.53. The van der Waals surface area contributed by atoms with Crippen LogP contribution in [-0.2, 0) is 4.79 Å². The van der Waals surface area contributed by atoms with Gasteiger partial charge in [-0.05, 0) is 12.7 Å². The normalized spacial score (nSPS) is 8.00. The monoisotopic (exact) mass is 307 g/mol. The fourth-order valence-electron chi connectivity index (χ4n) is 1.43. The molecule has 20 heavy (non-hydrogen) atoms. The van der Waals surface area contributed by atoms with Crippen molar-refractivity contribution in [1.82, 2.24) is 5.32 Å². The molecule has 126 valence electrons. The molecule has 2 nitrogen and oxygen atoms in total. The number of rotatable bonds is 9. The summed E-state index contributed by atoms with van der Waals surface area (Å²) in [7, 11) is 0. The SMILES string of the molecule is CC.CC.CCCCCCCCCNC(=O)CC.CS. The van der Waals surface area contributed by atoms with Gasteiger partial charge in [0.2, 0.25) is 5.91 Å². The second-order valence-electron chi connectivity index (χ2n) is 3.82.